The molecular weight excluding hydrogens is 404 g/mol. The summed E-state index contributed by atoms with van der Waals surface area (Å²) in [6, 6.07) is 0. The topological polar surface area (TPSA) is 29.5 Å². The van der Waals surface area contributed by atoms with Crippen molar-refractivity contribution in [2.75, 3.05) is 7.11 Å². The summed E-state index contributed by atoms with van der Waals surface area (Å²) in [7, 11) is 1.94. The van der Waals surface area contributed by atoms with Crippen LogP contribution in [0.3, 0.4) is 0 Å². The second-order valence-corrected chi connectivity index (χ2v) is 15.1. The van der Waals surface area contributed by atoms with Gasteiger partial charge in [0.2, 0.25) is 0 Å². The molecule has 188 valence electrons. The molecule has 9 atom stereocenters. The lowest BCUT2D eigenvalue weighted by atomic mass is 9.42. The fourth-order valence-electron chi connectivity index (χ4n) is 11.3. The van der Waals surface area contributed by atoms with Crippen LogP contribution in [0.25, 0.3) is 0 Å². The van der Waals surface area contributed by atoms with E-state index in [-0.39, 0.29) is 16.9 Å². The van der Waals surface area contributed by atoms with Crippen LogP contribution in [-0.4, -0.2) is 24.4 Å². The maximum atomic E-state index is 10.9. The van der Waals surface area contributed by atoms with Crippen LogP contribution in [0.1, 0.15) is 113 Å². The molecule has 0 heterocycles. The lowest BCUT2D eigenvalue weighted by molar-refractivity contribution is -0.178. The number of aliphatic hydroxyl groups is 1. The van der Waals surface area contributed by atoms with E-state index in [4.69, 9.17) is 4.74 Å². The van der Waals surface area contributed by atoms with Crippen molar-refractivity contribution in [2.24, 2.45) is 50.7 Å². The summed E-state index contributed by atoms with van der Waals surface area (Å²) in [6.07, 6.45) is 15.7. The van der Waals surface area contributed by atoms with Crippen molar-refractivity contribution in [2.45, 2.75) is 125 Å². The Bertz CT molecular complexity index is 810. The summed E-state index contributed by atoms with van der Waals surface area (Å²) >= 11 is 0. The molecule has 0 radical (unpaired) electrons. The maximum absolute atomic E-state index is 10.9. The average molecular weight is 457 g/mol. The summed E-state index contributed by atoms with van der Waals surface area (Å²) in [4.78, 5) is 0. The van der Waals surface area contributed by atoms with Crippen molar-refractivity contribution in [3.63, 3.8) is 0 Å². The molecule has 5 aliphatic rings. The van der Waals surface area contributed by atoms with E-state index in [0.29, 0.717) is 28.3 Å². The largest absolute Gasteiger partial charge is 0.393 e. The van der Waals surface area contributed by atoms with Crippen LogP contribution >= 0.6 is 0 Å². The predicted molar refractivity (Wildman–Crippen MR) is 137 cm³/mol. The molecule has 33 heavy (non-hydrogen) atoms. The third-order valence-corrected chi connectivity index (χ3v) is 13.1. The van der Waals surface area contributed by atoms with Crippen LogP contribution in [0.2, 0.25) is 0 Å². The Morgan fingerprint density at radius 2 is 1.45 bits per heavy atom. The van der Waals surface area contributed by atoms with Gasteiger partial charge in [-0.15, -0.1) is 0 Å². The number of allylic oxidation sites excluding steroid dienone is 2. The first-order valence-corrected chi connectivity index (χ1v) is 14.2. The van der Waals surface area contributed by atoms with E-state index in [1.165, 1.54) is 57.8 Å². The van der Waals surface area contributed by atoms with Gasteiger partial charge in [-0.1, -0.05) is 60.1 Å². The van der Waals surface area contributed by atoms with E-state index < -0.39 is 0 Å². The third-order valence-electron chi connectivity index (χ3n) is 13.1. The molecule has 5 rings (SSSR count). The van der Waals surface area contributed by atoms with Gasteiger partial charge >= 0.3 is 0 Å². The van der Waals surface area contributed by atoms with Crippen LogP contribution in [0.4, 0.5) is 0 Å². The van der Waals surface area contributed by atoms with E-state index in [1.807, 2.05) is 7.11 Å². The summed E-state index contributed by atoms with van der Waals surface area (Å²) in [5.74, 6) is 2.91. The molecule has 0 aromatic heterocycles. The molecule has 4 saturated carbocycles. The van der Waals surface area contributed by atoms with Crippen molar-refractivity contribution in [3.8, 4) is 0 Å². The van der Waals surface area contributed by atoms with Crippen molar-refractivity contribution in [3.05, 3.63) is 11.6 Å². The summed E-state index contributed by atoms with van der Waals surface area (Å²) in [5, 5.41) is 10.9. The van der Waals surface area contributed by atoms with E-state index in [1.54, 1.807) is 5.57 Å². The Kier molecular flexibility index (Phi) is 5.60. The van der Waals surface area contributed by atoms with Crippen LogP contribution in [0.15, 0.2) is 11.6 Å². The van der Waals surface area contributed by atoms with Crippen LogP contribution in [-0.2, 0) is 4.74 Å². The summed E-state index contributed by atoms with van der Waals surface area (Å²) < 4.78 is 6.03. The van der Waals surface area contributed by atoms with Crippen molar-refractivity contribution in [1.82, 2.24) is 0 Å². The minimum Gasteiger partial charge on any atom is -0.393 e. The SMILES string of the molecule is CO[C@@H]1CC[C@@]2(C)[C@@H](CC[C@@]3(C)CC4=CC[C@@H]5C(C)(C)[C@H](O)CC[C@]5(C)[C@@H]4CC[C@@H]32)C1(C)C. The molecule has 0 unspecified atom stereocenters. The number of ether oxygens (including phenoxy) is 1. The van der Waals surface area contributed by atoms with E-state index in [2.05, 4.69) is 54.5 Å². The van der Waals surface area contributed by atoms with E-state index >= 15 is 0 Å². The molecule has 5 aliphatic carbocycles. The van der Waals surface area contributed by atoms with Gasteiger partial charge < -0.3 is 9.84 Å². The quantitative estimate of drug-likeness (QED) is 0.408. The fourth-order valence-corrected chi connectivity index (χ4v) is 11.3. The number of methoxy groups -OCH3 is 1. The Balaban J connectivity index is 1.49. The molecule has 4 fully saturated rings. The second kappa shape index (κ2) is 7.58. The lowest BCUT2D eigenvalue weighted by Crippen LogP contribution is -2.58. The number of fused-ring (bicyclic) bond motifs is 6. The Labute approximate surface area is 204 Å². The van der Waals surface area contributed by atoms with Gasteiger partial charge in [-0.2, -0.15) is 0 Å². The smallest absolute Gasteiger partial charge is 0.0625 e. The van der Waals surface area contributed by atoms with Crippen molar-refractivity contribution < 1.29 is 9.84 Å². The molecule has 2 nitrogen and oxygen atoms in total. The third kappa shape index (κ3) is 3.24. The lowest BCUT2D eigenvalue weighted by Gasteiger charge is -2.64. The van der Waals surface area contributed by atoms with Gasteiger partial charge in [0, 0.05) is 7.11 Å². The average Bonchev–Trinajstić information content (AvgIpc) is 2.88. The van der Waals surface area contributed by atoms with Gasteiger partial charge in [0.1, 0.15) is 0 Å². The Morgan fingerprint density at radius 3 is 2.15 bits per heavy atom. The molecule has 0 saturated heterocycles. The molecule has 0 spiro atoms. The highest BCUT2D eigenvalue weighted by atomic mass is 16.5. The zero-order chi connectivity index (χ0) is 24.0. The first-order valence-electron chi connectivity index (χ1n) is 14.2. The first-order chi connectivity index (χ1) is 15.3. The zero-order valence-corrected chi connectivity index (χ0v) is 23.0. The first kappa shape index (κ1) is 24.4. The van der Waals surface area contributed by atoms with Crippen LogP contribution in [0.5, 0.6) is 0 Å². The zero-order valence-electron chi connectivity index (χ0n) is 23.0. The molecule has 0 bridgehead atoms. The summed E-state index contributed by atoms with van der Waals surface area (Å²) in [6.45, 7) is 17.7. The standard InChI is InChI=1S/C31H52O2/c1-27(2)22-11-9-20-19-29(5)16-13-23-28(3,4)26(33-8)15-18-31(23,7)24(29)12-10-21(20)30(22,6)17-14-25(27)32/h9,21-26,32H,10-19H2,1-8H3/t21-,22-,23+,24+,25-,26-,29+,30-,31+/m1/s1. The Morgan fingerprint density at radius 1 is 0.758 bits per heavy atom. The molecule has 2 heteroatoms. The van der Waals surface area contributed by atoms with Crippen molar-refractivity contribution in [1.29, 1.82) is 0 Å². The van der Waals surface area contributed by atoms with Gasteiger partial charge in [0.05, 0.1) is 12.2 Å². The molecule has 0 amide bonds. The van der Waals surface area contributed by atoms with Crippen LogP contribution in [0, 0.1) is 50.7 Å². The van der Waals surface area contributed by atoms with E-state index in [9.17, 15) is 5.11 Å². The number of rotatable bonds is 1. The number of hydrogen-bond acceptors (Lipinski definition) is 2. The van der Waals surface area contributed by atoms with Gasteiger partial charge in [-0.25, -0.2) is 0 Å². The fraction of sp³-hybridized carbons (Fsp3) is 0.935. The number of aliphatic hydroxyl groups excluding tert-OH is 1. The maximum Gasteiger partial charge on any atom is 0.0625 e. The monoisotopic (exact) mass is 456 g/mol. The van der Waals surface area contributed by atoms with Gasteiger partial charge in [-0.05, 0) is 115 Å². The van der Waals surface area contributed by atoms with Gasteiger partial charge in [0.15, 0.2) is 0 Å². The summed E-state index contributed by atoms with van der Waals surface area (Å²) in [5.41, 5.74) is 3.32. The minimum atomic E-state index is -0.144. The van der Waals surface area contributed by atoms with E-state index in [0.717, 1.165) is 24.2 Å². The molecule has 1 N–H and O–H groups in total. The highest BCUT2D eigenvalue weighted by Gasteiger charge is 2.63. The number of hydrogen-bond donors (Lipinski definition) is 1. The molecule has 0 aromatic rings. The minimum absolute atomic E-state index is 0.0254. The predicted octanol–water partition coefficient (Wildman–Crippen LogP) is 7.79. The molecule has 0 aromatic carbocycles. The molecular formula is C31H52O2. The molecule has 0 aliphatic heterocycles. The normalized spacial score (nSPS) is 52.9. The van der Waals surface area contributed by atoms with Gasteiger partial charge in [0.25, 0.3) is 0 Å². The highest BCUT2D eigenvalue weighted by molar-refractivity contribution is 5.25. The highest BCUT2D eigenvalue weighted by Crippen LogP contribution is 2.70. The second-order valence-electron chi connectivity index (χ2n) is 15.1. The van der Waals surface area contributed by atoms with Crippen LogP contribution < -0.4 is 0 Å². The van der Waals surface area contributed by atoms with Crippen molar-refractivity contribution >= 4 is 0 Å². The van der Waals surface area contributed by atoms with Gasteiger partial charge in [-0.3, -0.25) is 0 Å². The Hall–Kier alpha value is -0.340.